The zero-order valence-electron chi connectivity index (χ0n) is 3.18. The molecule has 0 fully saturated rings. The molecule has 32 valence electrons. The molecular formula is H2FKO3Si. The van der Waals surface area contributed by atoms with Crippen LogP contribution in [-0.2, 0) is 0 Å². The fourth-order valence-electron chi connectivity index (χ4n) is 0. The summed E-state index contributed by atoms with van der Waals surface area (Å²) in [5, 5.41) is 0. The van der Waals surface area contributed by atoms with E-state index in [9.17, 15) is 4.11 Å². The summed E-state index contributed by atoms with van der Waals surface area (Å²) in [5.41, 5.74) is 0. The monoisotopic (exact) mass is 136 g/mol. The van der Waals surface area contributed by atoms with Gasteiger partial charge in [-0.25, -0.2) is 0 Å². The third-order valence-corrected chi connectivity index (χ3v) is 0. The van der Waals surface area contributed by atoms with Crippen LogP contribution in [0.5, 0.6) is 0 Å². The van der Waals surface area contributed by atoms with Gasteiger partial charge in [-0.2, -0.15) is 0 Å². The Morgan fingerprint density at radius 3 is 1.50 bits per heavy atom. The fourth-order valence-corrected chi connectivity index (χ4v) is 0. The van der Waals surface area contributed by atoms with Crippen LogP contribution in [0.2, 0.25) is 0 Å². The van der Waals surface area contributed by atoms with Crippen LogP contribution in [0.15, 0.2) is 0 Å². The van der Waals surface area contributed by atoms with E-state index >= 15 is 0 Å². The molecule has 0 atom stereocenters. The first-order valence-electron chi connectivity index (χ1n) is 0.840. The van der Waals surface area contributed by atoms with Crippen LogP contribution in [0.4, 0.5) is 4.11 Å². The molecule has 0 radical (unpaired) electrons. The number of hydrogen-bond acceptors (Lipinski definition) is 3. The van der Waals surface area contributed by atoms with Crippen molar-refractivity contribution in [3.63, 3.8) is 0 Å². The first-order valence-corrected chi connectivity index (χ1v) is 2.52. The van der Waals surface area contributed by atoms with Gasteiger partial charge in [0.15, 0.2) is 0 Å². The van der Waals surface area contributed by atoms with Gasteiger partial charge in [-0.3, -0.25) is 4.11 Å². The van der Waals surface area contributed by atoms with Crippen molar-refractivity contribution in [1.82, 2.24) is 0 Å². The molecule has 0 heterocycles. The fraction of sp³-hybridized carbons (Fsp3) is 0. The minimum atomic E-state index is -5.36. The SMILES string of the molecule is [K+].[O-][Si](O)(O)F. The van der Waals surface area contributed by atoms with Gasteiger partial charge in [-0.15, -0.1) is 0 Å². The van der Waals surface area contributed by atoms with Crippen molar-refractivity contribution in [3.8, 4) is 0 Å². The van der Waals surface area contributed by atoms with E-state index in [4.69, 9.17) is 14.4 Å². The van der Waals surface area contributed by atoms with E-state index in [0.717, 1.165) is 0 Å². The molecule has 0 spiro atoms. The van der Waals surface area contributed by atoms with E-state index in [0.29, 0.717) is 0 Å². The van der Waals surface area contributed by atoms with Crippen LogP contribution < -0.4 is 56.2 Å². The molecule has 0 saturated heterocycles. The van der Waals surface area contributed by atoms with Crippen LogP contribution in [-0.4, -0.2) is 18.7 Å². The van der Waals surface area contributed by atoms with Gasteiger partial charge in [0.2, 0.25) is 0 Å². The van der Waals surface area contributed by atoms with Crippen molar-refractivity contribution in [3.05, 3.63) is 0 Å². The summed E-state index contributed by atoms with van der Waals surface area (Å²) in [4.78, 5) is 22.7. The maximum absolute atomic E-state index is 10.4. The predicted octanol–water partition coefficient (Wildman–Crippen LogP) is -5.26. The number of hydrogen-bond donors (Lipinski definition) is 2. The summed E-state index contributed by atoms with van der Waals surface area (Å²) in [6.45, 7) is 0. The van der Waals surface area contributed by atoms with E-state index in [2.05, 4.69) is 0 Å². The Hall–Kier alpha value is 1.66. The Morgan fingerprint density at radius 2 is 1.50 bits per heavy atom. The van der Waals surface area contributed by atoms with Crippen molar-refractivity contribution >= 4 is 9.14 Å². The molecule has 0 saturated carbocycles. The third kappa shape index (κ3) is 44.5. The Balaban J connectivity index is 0. The molecule has 0 aliphatic heterocycles. The first-order chi connectivity index (χ1) is 2.00. The number of halogens is 1. The molecule has 0 aromatic heterocycles. The maximum atomic E-state index is 10.4. The smallest absolute Gasteiger partial charge is 0.790 e. The molecule has 3 nitrogen and oxygen atoms in total. The zero-order chi connectivity index (χ0) is 4.50. The summed E-state index contributed by atoms with van der Waals surface area (Å²) in [6, 6.07) is 0. The largest absolute Gasteiger partial charge is 1.00 e. The van der Waals surface area contributed by atoms with Gasteiger partial charge in [0.1, 0.15) is 0 Å². The molecule has 6 heteroatoms. The quantitative estimate of drug-likeness (QED) is 0.258. The molecule has 0 aliphatic rings. The average molecular weight is 136 g/mol. The van der Waals surface area contributed by atoms with Gasteiger partial charge < -0.3 is 14.4 Å². The second-order valence-corrected chi connectivity index (χ2v) is 1.59. The topological polar surface area (TPSA) is 63.5 Å². The molecule has 0 aromatic carbocycles. The van der Waals surface area contributed by atoms with E-state index < -0.39 is 9.14 Å². The molecule has 0 unspecified atom stereocenters. The van der Waals surface area contributed by atoms with E-state index in [1.807, 2.05) is 0 Å². The van der Waals surface area contributed by atoms with E-state index in [1.165, 1.54) is 0 Å². The van der Waals surface area contributed by atoms with Gasteiger partial charge in [0.25, 0.3) is 0 Å². The van der Waals surface area contributed by atoms with Crippen molar-refractivity contribution < 1.29 is 69.9 Å². The summed E-state index contributed by atoms with van der Waals surface area (Å²) >= 11 is 0. The summed E-state index contributed by atoms with van der Waals surface area (Å²) < 4.78 is 10.4. The molecule has 0 amide bonds. The number of rotatable bonds is 0. The van der Waals surface area contributed by atoms with E-state index in [1.54, 1.807) is 0 Å². The predicted molar refractivity (Wildman–Crippen MR) is 11.3 cm³/mol. The molecule has 0 aliphatic carbocycles. The second-order valence-electron chi connectivity index (χ2n) is 0.529. The first kappa shape index (κ1) is 10.6. The van der Waals surface area contributed by atoms with Crippen LogP contribution in [0.1, 0.15) is 0 Å². The van der Waals surface area contributed by atoms with Crippen molar-refractivity contribution in [2.75, 3.05) is 0 Å². The van der Waals surface area contributed by atoms with Crippen LogP contribution in [0.3, 0.4) is 0 Å². The van der Waals surface area contributed by atoms with Gasteiger partial charge >= 0.3 is 60.5 Å². The average Bonchev–Trinajstić information content (AvgIpc) is 0.722. The zero-order valence-corrected chi connectivity index (χ0v) is 7.30. The van der Waals surface area contributed by atoms with Gasteiger partial charge in [0, 0.05) is 0 Å². The Bertz CT molecular complexity index is 26.3. The summed E-state index contributed by atoms with van der Waals surface area (Å²) in [5.74, 6) is 0. The maximum Gasteiger partial charge on any atom is 1.00 e. The van der Waals surface area contributed by atoms with Crippen LogP contribution in [0, 0.1) is 0 Å². The Kier molecular flexibility index (Phi) is 6.43. The Morgan fingerprint density at radius 1 is 1.50 bits per heavy atom. The van der Waals surface area contributed by atoms with Gasteiger partial charge in [-0.05, 0) is 0 Å². The van der Waals surface area contributed by atoms with Gasteiger partial charge in [0.05, 0.1) is 0 Å². The second kappa shape index (κ2) is 3.64. The minimum Gasteiger partial charge on any atom is -0.790 e. The van der Waals surface area contributed by atoms with Crippen molar-refractivity contribution in [2.24, 2.45) is 0 Å². The van der Waals surface area contributed by atoms with Crippen molar-refractivity contribution in [1.29, 1.82) is 0 Å². The molecule has 0 bridgehead atoms. The minimum absolute atomic E-state index is 0. The molecule has 6 heavy (non-hydrogen) atoms. The molecule has 0 rings (SSSR count). The van der Waals surface area contributed by atoms with Crippen LogP contribution >= 0.6 is 0 Å². The van der Waals surface area contributed by atoms with E-state index in [-0.39, 0.29) is 51.4 Å². The standard InChI is InChI=1S/FH2O3Si.K/c1-5(2,3)4;/h2-3H;/q-1;+1. The summed E-state index contributed by atoms with van der Waals surface area (Å²) in [6.07, 6.45) is 0. The molecular weight excluding hydrogens is 134 g/mol. The Labute approximate surface area is 77.8 Å². The normalized spacial score (nSPS) is 10.0. The third-order valence-electron chi connectivity index (χ3n) is 0. The molecule has 0 aromatic rings. The van der Waals surface area contributed by atoms with Gasteiger partial charge in [-0.1, -0.05) is 0 Å². The molecule has 2 N–H and O–H groups in total. The van der Waals surface area contributed by atoms with Crippen molar-refractivity contribution in [2.45, 2.75) is 0 Å². The van der Waals surface area contributed by atoms with Crippen LogP contribution in [0.25, 0.3) is 0 Å². The summed E-state index contributed by atoms with van der Waals surface area (Å²) in [7, 11) is -5.36.